The molecule has 2 aliphatic carbocycles. The molecular weight excluding hydrogens is 272 g/mol. The molecule has 3 rings (SSSR count). The number of hydrogen-bond donors (Lipinski definition) is 2. The van der Waals surface area contributed by atoms with Crippen molar-refractivity contribution >= 4 is 0 Å². The number of likely N-dealkylation sites (tertiary alicyclic amines) is 1. The number of nitrogens with zero attached hydrogens (tertiary/aromatic N) is 1. The van der Waals surface area contributed by atoms with E-state index in [0.717, 1.165) is 31.2 Å². The zero-order valence-electron chi connectivity index (χ0n) is 14.6. The number of hydrogen-bond acceptors (Lipinski definition) is 3. The first kappa shape index (κ1) is 16.7. The molecule has 0 spiro atoms. The van der Waals surface area contributed by atoms with Crippen LogP contribution in [-0.4, -0.2) is 47.8 Å². The first-order chi connectivity index (χ1) is 10.7. The molecule has 0 aromatic rings. The highest BCUT2D eigenvalue weighted by molar-refractivity contribution is 4.93. The van der Waals surface area contributed by atoms with Crippen molar-refractivity contribution in [3.8, 4) is 0 Å². The molecule has 0 amide bonds. The van der Waals surface area contributed by atoms with E-state index >= 15 is 0 Å². The molecule has 1 heterocycles. The highest BCUT2D eigenvalue weighted by atomic mass is 16.3. The van der Waals surface area contributed by atoms with Gasteiger partial charge in [0, 0.05) is 25.2 Å². The summed E-state index contributed by atoms with van der Waals surface area (Å²) in [5, 5.41) is 14.2. The third-order valence-electron chi connectivity index (χ3n) is 6.52. The highest BCUT2D eigenvalue weighted by Gasteiger charge is 2.38. The molecule has 0 radical (unpaired) electrons. The maximum atomic E-state index is 10.4. The van der Waals surface area contributed by atoms with Gasteiger partial charge in [0.1, 0.15) is 0 Å². The largest absolute Gasteiger partial charge is 0.393 e. The van der Waals surface area contributed by atoms with E-state index in [1.807, 2.05) is 0 Å². The summed E-state index contributed by atoms with van der Waals surface area (Å²) >= 11 is 0. The van der Waals surface area contributed by atoms with E-state index < -0.39 is 0 Å². The Labute approximate surface area is 136 Å². The predicted octanol–water partition coefficient (Wildman–Crippen LogP) is 3.03. The summed E-state index contributed by atoms with van der Waals surface area (Å²) < 4.78 is 0. The van der Waals surface area contributed by atoms with Gasteiger partial charge in [-0.1, -0.05) is 19.8 Å². The summed E-state index contributed by atoms with van der Waals surface area (Å²) in [6, 6.07) is 1.30. The molecule has 1 aliphatic heterocycles. The average Bonchev–Trinajstić information content (AvgIpc) is 3.27. The molecule has 3 heteroatoms. The molecule has 4 atom stereocenters. The van der Waals surface area contributed by atoms with E-state index in [9.17, 15) is 5.11 Å². The lowest BCUT2D eigenvalue weighted by atomic mass is 9.87. The molecule has 2 saturated carbocycles. The Morgan fingerprint density at radius 2 is 1.82 bits per heavy atom. The van der Waals surface area contributed by atoms with Gasteiger partial charge in [0.05, 0.1) is 6.10 Å². The van der Waals surface area contributed by atoms with Crippen LogP contribution in [0.2, 0.25) is 0 Å². The zero-order chi connectivity index (χ0) is 15.5. The molecule has 3 fully saturated rings. The molecule has 2 N–H and O–H groups in total. The normalized spacial score (nSPS) is 34.0. The Kier molecular flexibility index (Phi) is 5.80. The van der Waals surface area contributed by atoms with Crippen LogP contribution in [0.3, 0.4) is 0 Å². The van der Waals surface area contributed by atoms with Crippen LogP contribution < -0.4 is 5.32 Å². The van der Waals surface area contributed by atoms with Crippen LogP contribution in [-0.2, 0) is 0 Å². The first-order valence-corrected chi connectivity index (χ1v) is 9.82. The molecule has 1 saturated heterocycles. The SMILES string of the molecule is CCC(O)C1CC(NCC2CCCC2)CN(C(C)C2CC2)C1. The van der Waals surface area contributed by atoms with Crippen LogP contribution in [0.4, 0.5) is 0 Å². The van der Waals surface area contributed by atoms with E-state index in [2.05, 4.69) is 24.1 Å². The summed E-state index contributed by atoms with van der Waals surface area (Å²) in [5.74, 6) is 2.29. The minimum Gasteiger partial charge on any atom is -0.393 e. The molecular formula is C19H36N2O. The van der Waals surface area contributed by atoms with Gasteiger partial charge in [0.25, 0.3) is 0 Å². The van der Waals surface area contributed by atoms with Gasteiger partial charge in [-0.25, -0.2) is 0 Å². The van der Waals surface area contributed by atoms with E-state index in [0.29, 0.717) is 18.0 Å². The summed E-state index contributed by atoms with van der Waals surface area (Å²) in [6.45, 7) is 8.03. The number of piperidine rings is 1. The van der Waals surface area contributed by atoms with Crippen molar-refractivity contribution in [2.45, 2.75) is 83.4 Å². The van der Waals surface area contributed by atoms with Crippen molar-refractivity contribution in [3.05, 3.63) is 0 Å². The fraction of sp³-hybridized carbons (Fsp3) is 1.00. The number of rotatable bonds is 7. The molecule has 4 unspecified atom stereocenters. The Hall–Kier alpha value is -0.120. The molecule has 3 nitrogen and oxygen atoms in total. The molecule has 0 aromatic heterocycles. The van der Waals surface area contributed by atoms with Crippen molar-refractivity contribution in [2.75, 3.05) is 19.6 Å². The second kappa shape index (κ2) is 7.63. The van der Waals surface area contributed by atoms with Crippen molar-refractivity contribution in [1.82, 2.24) is 10.2 Å². The summed E-state index contributed by atoms with van der Waals surface area (Å²) in [4.78, 5) is 2.68. The smallest absolute Gasteiger partial charge is 0.0578 e. The van der Waals surface area contributed by atoms with Gasteiger partial charge < -0.3 is 10.4 Å². The van der Waals surface area contributed by atoms with Crippen LogP contribution in [0.5, 0.6) is 0 Å². The maximum absolute atomic E-state index is 10.4. The van der Waals surface area contributed by atoms with Crippen LogP contribution in [0.15, 0.2) is 0 Å². The Morgan fingerprint density at radius 3 is 2.45 bits per heavy atom. The van der Waals surface area contributed by atoms with Gasteiger partial charge in [-0.15, -0.1) is 0 Å². The standard InChI is InChI=1S/C19H36N2O/c1-3-19(22)17-10-18(20-11-15-6-4-5-7-15)13-21(12-17)14(2)16-8-9-16/h14-20,22H,3-13H2,1-2H3. The Balaban J connectivity index is 1.55. The number of aliphatic hydroxyl groups is 1. The van der Waals surface area contributed by atoms with Crippen LogP contribution in [0.25, 0.3) is 0 Å². The third-order valence-corrected chi connectivity index (χ3v) is 6.52. The summed E-state index contributed by atoms with van der Waals surface area (Å²) in [6.07, 6.45) is 10.5. The van der Waals surface area contributed by atoms with E-state index in [4.69, 9.17) is 0 Å². The topological polar surface area (TPSA) is 35.5 Å². The van der Waals surface area contributed by atoms with Crippen molar-refractivity contribution < 1.29 is 5.11 Å². The summed E-state index contributed by atoms with van der Waals surface area (Å²) in [5.41, 5.74) is 0. The molecule has 0 bridgehead atoms. The van der Waals surface area contributed by atoms with Gasteiger partial charge in [0.2, 0.25) is 0 Å². The van der Waals surface area contributed by atoms with Gasteiger partial charge in [-0.2, -0.15) is 0 Å². The minimum atomic E-state index is -0.120. The average molecular weight is 309 g/mol. The lowest BCUT2D eigenvalue weighted by molar-refractivity contribution is 0.0175. The van der Waals surface area contributed by atoms with E-state index in [-0.39, 0.29) is 6.10 Å². The fourth-order valence-electron chi connectivity index (χ4n) is 4.69. The van der Waals surface area contributed by atoms with Gasteiger partial charge in [-0.05, 0) is 69.7 Å². The number of aliphatic hydroxyl groups excluding tert-OH is 1. The van der Waals surface area contributed by atoms with Gasteiger partial charge in [0.15, 0.2) is 0 Å². The van der Waals surface area contributed by atoms with Gasteiger partial charge in [-0.3, -0.25) is 4.90 Å². The highest BCUT2D eigenvalue weighted by Crippen LogP contribution is 2.37. The predicted molar refractivity (Wildman–Crippen MR) is 91.9 cm³/mol. The Morgan fingerprint density at radius 1 is 1.09 bits per heavy atom. The maximum Gasteiger partial charge on any atom is 0.0578 e. The molecule has 22 heavy (non-hydrogen) atoms. The fourth-order valence-corrected chi connectivity index (χ4v) is 4.69. The van der Waals surface area contributed by atoms with Crippen molar-refractivity contribution in [2.24, 2.45) is 17.8 Å². The van der Waals surface area contributed by atoms with Gasteiger partial charge >= 0.3 is 0 Å². The third kappa shape index (κ3) is 4.24. The summed E-state index contributed by atoms with van der Waals surface area (Å²) in [7, 11) is 0. The van der Waals surface area contributed by atoms with Crippen LogP contribution in [0, 0.1) is 17.8 Å². The molecule has 0 aromatic carbocycles. The molecule has 128 valence electrons. The van der Waals surface area contributed by atoms with Crippen LogP contribution >= 0.6 is 0 Å². The lowest BCUT2D eigenvalue weighted by Gasteiger charge is -2.43. The minimum absolute atomic E-state index is 0.120. The second-order valence-corrected chi connectivity index (χ2v) is 8.26. The van der Waals surface area contributed by atoms with Crippen molar-refractivity contribution in [1.29, 1.82) is 0 Å². The Bertz CT molecular complexity index is 338. The monoisotopic (exact) mass is 308 g/mol. The second-order valence-electron chi connectivity index (χ2n) is 8.26. The molecule has 3 aliphatic rings. The first-order valence-electron chi connectivity index (χ1n) is 9.82. The number of nitrogens with one attached hydrogen (secondary N) is 1. The van der Waals surface area contributed by atoms with E-state index in [1.54, 1.807) is 0 Å². The zero-order valence-corrected chi connectivity index (χ0v) is 14.6. The van der Waals surface area contributed by atoms with Crippen LogP contribution in [0.1, 0.15) is 65.2 Å². The quantitative estimate of drug-likeness (QED) is 0.759. The lowest BCUT2D eigenvalue weighted by Crippen LogP contribution is -2.55. The van der Waals surface area contributed by atoms with Crippen molar-refractivity contribution in [3.63, 3.8) is 0 Å². The van der Waals surface area contributed by atoms with E-state index in [1.165, 1.54) is 51.6 Å².